The number of aromatic nitrogens is 2. The van der Waals surface area contributed by atoms with Crippen molar-refractivity contribution in [2.45, 2.75) is 19.1 Å². The van der Waals surface area contributed by atoms with Crippen molar-refractivity contribution in [1.29, 1.82) is 0 Å². The van der Waals surface area contributed by atoms with Crippen molar-refractivity contribution in [2.24, 2.45) is 0 Å². The Morgan fingerprint density at radius 1 is 1.61 bits per heavy atom. The highest BCUT2D eigenvalue weighted by atomic mass is 35.5. The predicted molar refractivity (Wildman–Crippen MR) is 66.5 cm³/mol. The van der Waals surface area contributed by atoms with E-state index in [2.05, 4.69) is 5.10 Å². The molecule has 0 aliphatic rings. The molecule has 1 atom stereocenters. The van der Waals surface area contributed by atoms with Crippen molar-refractivity contribution in [1.82, 2.24) is 9.78 Å². The molecule has 0 aromatic carbocycles. The van der Waals surface area contributed by atoms with Crippen molar-refractivity contribution in [3.8, 4) is 0 Å². The lowest BCUT2D eigenvalue weighted by molar-refractivity contribution is 0.0877. The molecule has 0 amide bonds. The monoisotopic (exact) mass is 270 g/mol. The molecular weight excluding hydrogens is 256 g/mol. The van der Waals surface area contributed by atoms with Gasteiger partial charge in [-0.1, -0.05) is 11.6 Å². The Hall–Kier alpha value is -1.30. The van der Waals surface area contributed by atoms with Crippen LogP contribution in [0.25, 0.3) is 0 Å². The van der Waals surface area contributed by atoms with Crippen LogP contribution in [0.3, 0.4) is 0 Å². The topological polar surface area (TPSA) is 60.4 Å². The normalized spacial score (nSPS) is 14.7. The van der Waals surface area contributed by atoms with Crippen molar-refractivity contribution in [3.63, 3.8) is 0 Å². The Morgan fingerprint density at radius 3 is 3.00 bits per heavy atom. The Kier molecular flexibility index (Phi) is 3.75. The van der Waals surface area contributed by atoms with E-state index in [-0.39, 0.29) is 0 Å². The maximum absolute atomic E-state index is 10.6. The van der Waals surface area contributed by atoms with Gasteiger partial charge in [-0.25, -0.2) is 0 Å². The van der Waals surface area contributed by atoms with Gasteiger partial charge in [0.25, 0.3) is 0 Å². The SMILES string of the molecule is COCCn1ncc(Cl)c1C(C)(O)c1ccoc1. The first-order valence-corrected chi connectivity index (χ1v) is 5.91. The fourth-order valence-corrected chi connectivity index (χ4v) is 2.20. The van der Waals surface area contributed by atoms with Gasteiger partial charge in [0, 0.05) is 12.7 Å². The maximum atomic E-state index is 10.6. The van der Waals surface area contributed by atoms with Crippen LogP contribution in [-0.4, -0.2) is 28.6 Å². The zero-order valence-corrected chi connectivity index (χ0v) is 11.0. The van der Waals surface area contributed by atoms with Gasteiger partial charge in [0.05, 0.1) is 42.6 Å². The Bertz CT molecular complexity index is 505. The Morgan fingerprint density at radius 2 is 2.39 bits per heavy atom. The molecular formula is C12H15ClN2O3. The van der Waals surface area contributed by atoms with Gasteiger partial charge in [0.15, 0.2) is 0 Å². The quantitative estimate of drug-likeness (QED) is 0.903. The standard InChI is InChI=1S/C12H15ClN2O3/c1-12(16,9-3-5-18-8-9)11-10(13)7-14-15(11)4-6-17-2/h3,5,7-8,16H,4,6H2,1-2H3. The van der Waals surface area contributed by atoms with Gasteiger partial charge in [0.2, 0.25) is 0 Å². The number of nitrogens with zero attached hydrogens (tertiary/aromatic N) is 2. The van der Waals surface area contributed by atoms with E-state index in [0.717, 1.165) is 0 Å². The van der Waals surface area contributed by atoms with Gasteiger partial charge in [0.1, 0.15) is 5.60 Å². The van der Waals surface area contributed by atoms with E-state index in [1.807, 2.05) is 0 Å². The fraction of sp³-hybridized carbons (Fsp3) is 0.417. The summed E-state index contributed by atoms with van der Waals surface area (Å²) in [6.07, 6.45) is 4.51. The van der Waals surface area contributed by atoms with Crippen LogP contribution in [0.5, 0.6) is 0 Å². The van der Waals surface area contributed by atoms with E-state index in [1.54, 1.807) is 24.8 Å². The number of ether oxygens (including phenoxy) is 1. The lowest BCUT2D eigenvalue weighted by Gasteiger charge is -2.23. The minimum absolute atomic E-state index is 0.414. The van der Waals surface area contributed by atoms with E-state index >= 15 is 0 Å². The van der Waals surface area contributed by atoms with E-state index in [0.29, 0.717) is 29.4 Å². The van der Waals surface area contributed by atoms with Crippen LogP contribution < -0.4 is 0 Å². The molecule has 2 rings (SSSR count). The van der Waals surface area contributed by atoms with Crippen LogP contribution in [0.4, 0.5) is 0 Å². The number of furan rings is 1. The summed E-state index contributed by atoms with van der Waals surface area (Å²) in [4.78, 5) is 0. The minimum Gasteiger partial charge on any atom is -0.472 e. The van der Waals surface area contributed by atoms with Crippen LogP contribution in [0.2, 0.25) is 5.02 Å². The second-order valence-corrected chi connectivity index (χ2v) is 4.55. The highest BCUT2D eigenvalue weighted by Gasteiger charge is 2.33. The molecule has 0 bridgehead atoms. The van der Waals surface area contributed by atoms with Crippen molar-refractivity contribution < 1.29 is 14.3 Å². The molecule has 5 nitrogen and oxygen atoms in total. The van der Waals surface area contributed by atoms with Crippen molar-refractivity contribution in [3.05, 3.63) is 41.1 Å². The second-order valence-electron chi connectivity index (χ2n) is 4.14. The molecule has 0 spiro atoms. The molecule has 2 heterocycles. The summed E-state index contributed by atoms with van der Waals surface area (Å²) < 4.78 is 11.6. The fourth-order valence-electron chi connectivity index (χ4n) is 1.87. The molecule has 2 aromatic heterocycles. The summed E-state index contributed by atoms with van der Waals surface area (Å²) in [7, 11) is 1.61. The number of aliphatic hydroxyl groups is 1. The zero-order chi connectivity index (χ0) is 13.2. The highest BCUT2D eigenvalue weighted by Crippen LogP contribution is 2.33. The minimum atomic E-state index is -1.26. The molecule has 2 aromatic rings. The summed E-state index contributed by atoms with van der Waals surface area (Å²) in [6.45, 7) is 2.67. The summed E-state index contributed by atoms with van der Waals surface area (Å²) in [5, 5.41) is 15.2. The average molecular weight is 271 g/mol. The van der Waals surface area contributed by atoms with Gasteiger partial charge in [-0.05, 0) is 13.0 Å². The van der Waals surface area contributed by atoms with Crippen LogP contribution in [-0.2, 0) is 16.9 Å². The van der Waals surface area contributed by atoms with E-state index < -0.39 is 5.60 Å². The van der Waals surface area contributed by atoms with Crippen molar-refractivity contribution >= 4 is 11.6 Å². The smallest absolute Gasteiger partial charge is 0.133 e. The van der Waals surface area contributed by atoms with Gasteiger partial charge in [-0.3, -0.25) is 4.68 Å². The zero-order valence-electron chi connectivity index (χ0n) is 10.3. The van der Waals surface area contributed by atoms with Gasteiger partial charge >= 0.3 is 0 Å². The van der Waals surface area contributed by atoms with E-state index in [9.17, 15) is 5.11 Å². The number of methoxy groups -OCH3 is 1. The van der Waals surface area contributed by atoms with Gasteiger partial charge in [-0.2, -0.15) is 5.10 Å². The molecule has 6 heteroatoms. The second kappa shape index (κ2) is 5.14. The summed E-state index contributed by atoms with van der Waals surface area (Å²) in [5.41, 5.74) is -0.0971. The lowest BCUT2D eigenvalue weighted by Crippen LogP contribution is -2.27. The van der Waals surface area contributed by atoms with Crippen molar-refractivity contribution in [2.75, 3.05) is 13.7 Å². The largest absolute Gasteiger partial charge is 0.472 e. The first-order chi connectivity index (χ1) is 8.57. The molecule has 98 valence electrons. The molecule has 18 heavy (non-hydrogen) atoms. The first kappa shape index (κ1) is 13.1. The third kappa shape index (κ3) is 2.29. The summed E-state index contributed by atoms with van der Waals surface area (Å²) in [5.74, 6) is 0. The number of halogens is 1. The number of rotatable bonds is 5. The average Bonchev–Trinajstić information content (AvgIpc) is 2.95. The molecule has 0 saturated heterocycles. The summed E-state index contributed by atoms with van der Waals surface area (Å²) in [6, 6.07) is 1.70. The summed E-state index contributed by atoms with van der Waals surface area (Å²) >= 11 is 6.11. The molecule has 0 fully saturated rings. The van der Waals surface area contributed by atoms with Gasteiger partial charge in [-0.15, -0.1) is 0 Å². The first-order valence-electron chi connectivity index (χ1n) is 5.53. The predicted octanol–water partition coefficient (Wildman–Crippen LogP) is 2.03. The van der Waals surface area contributed by atoms with Crippen LogP contribution in [0, 0.1) is 0 Å². The highest BCUT2D eigenvalue weighted by molar-refractivity contribution is 6.31. The number of hydrogen-bond acceptors (Lipinski definition) is 4. The molecule has 0 saturated carbocycles. The third-order valence-corrected chi connectivity index (χ3v) is 3.12. The van der Waals surface area contributed by atoms with E-state index in [4.69, 9.17) is 20.8 Å². The van der Waals surface area contributed by atoms with Crippen LogP contribution >= 0.6 is 11.6 Å². The molecule has 1 N–H and O–H groups in total. The molecule has 0 aliphatic heterocycles. The Labute approximate surface area is 110 Å². The van der Waals surface area contributed by atoms with Crippen LogP contribution in [0.1, 0.15) is 18.2 Å². The van der Waals surface area contributed by atoms with Crippen LogP contribution in [0.15, 0.2) is 29.2 Å². The maximum Gasteiger partial charge on any atom is 0.133 e. The number of hydrogen-bond donors (Lipinski definition) is 1. The lowest BCUT2D eigenvalue weighted by atomic mass is 9.95. The Balaban J connectivity index is 2.40. The molecule has 0 radical (unpaired) electrons. The third-order valence-electron chi connectivity index (χ3n) is 2.85. The van der Waals surface area contributed by atoms with Gasteiger partial charge < -0.3 is 14.3 Å². The van der Waals surface area contributed by atoms with E-state index in [1.165, 1.54) is 18.7 Å². The molecule has 1 unspecified atom stereocenters. The molecule has 0 aliphatic carbocycles.